The number of halogens is 1. The third kappa shape index (κ3) is 4.67. The average Bonchev–Trinajstić information content (AvgIpc) is 3.44. The molecule has 1 aliphatic carbocycles. The summed E-state index contributed by atoms with van der Waals surface area (Å²) in [5.41, 5.74) is 6.12. The zero-order valence-electron chi connectivity index (χ0n) is 13.2. The smallest absolute Gasteiger partial charge is 0.269 e. The molecule has 3 N–H and O–H groups in total. The Morgan fingerprint density at radius 1 is 0.880 bits per heavy atom. The molecule has 2 aromatic rings. The fourth-order valence-corrected chi connectivity index (χ4v) is 2.61. The van der Waals surface area contributed by atoms with Gasteiger partial charge in [-0.1, -0.05) is 28.1 Å². The van der Waals surface area contributed by atoms with Crippen molar-refractivity contribution in [1.29, 1.82) is 0 Å². The van der Waals surface area contributed by atoms with E-state index in [1.807, 2.05) is 6.07 Å². The molecule has 1 aliphatic rings. The molecule has 3 amide bonds. The van der Waals surface area contributed by atoms with Gasteiger partial charge in [-0.05, 0) is 49.2 Å². The highest BCUT2D eigenvalue weighted by Gasteiger charge is 2.29. The molecular formula is C18H16BrN3O3. The molecule has 0 aliphatic heterocycles. The lowest BCUT2D eigenvalue weighted by molar-refractivity contribution is -0.123. The van der Waals surface area contributed by atoms with E-state index in [1.165, 1.54) is 0 Å². The van der Waals surface area contributed by atoms with E-state index in [1.54, 1.807) is 42.5 Å². The van der Waals surface area contributed by atoms with E-state index in [2.05, 4.69) is 32.1 Å². The second kappa shape index (κ2) is 7.48. The van der Waals surface area contributed by atoms with Crippen molar-refractivity contribution in [3.63, 3.8) is 0 Å². The van der Waals surface area contributed by atoms with Crippen LogP contribution in [0.25, 0.3) is 0 Å². The standard InChI is InChI=1S/C18H16BrN3O3/c19-14-5-1-3-12(9-14)16(23)20-15-6-2-4-13(10-15)18(25)22-21-17(24)11-7-8-11/h1-6,9-11H,7-8H2,(H,20,23)(H,21,24)(H,22,25). The van der Waals surface area contributed by atoms with Crippen LogP contribution < -0.4 is 16.2 Å². The first-order valence-corrected chi connectivity index (χ1v) is 8.59. The molecule has 128 valence electrons. The SMILES string of the molecule is O=C(NNC(=O)C1CC1)c1cccc(NC(=O)c2cccc(Br)c2)c1. The van der Waals surface area contributed by atoms with E-state index >= 15 is 0 Å². The quantitative estimate of drug-likeness (QED) is 0.688. The molecule has 3 rings (SSSR count). The first-order valence-electron chi connectivity index (χ1n) is 7.80. The number of anilines is 1. The van der Waals surface area contributed by atoms with Gasteiger partial charge in [0.05, 0.1) is 0 Å². The molecule has 1 fully saturated rings. The van der Waals surface area contributed by atoms with Gasteiger partial charge >= 0.3 is 0 Å². The molecule has 0 saturated heterocycles. The molecule has 0 spiro atoms. The second-order valence-electron chi connectivity index (χ2n) is 5.76. The number of hydrogen-bond acceptors (Lipinski definition) is 3. The molecule has 0 heterocycles. The summed E-state index contributed by atoms with van der Waals surface area (Å²) in [7, 11) is 0. The molecule has 6 nitrogen and oxygen atoms in total. The van der Waals surface area contributed by atoms with Crippen LogP contribution in [0.5, 0.6) is 0 Å². The summed E-state index contributed by atoms with van der Waals surface area (Å²) in [5.74, 6) is -0.878. The van der Waals surface area contributed by atoms with E-state index in [9.17, 15) is 14.4 Å². The third-order valence-electron chi connectivity index (χ3n) is 3.72. The van der Waals surface area contributed by atoms with Gasteiger partial charge in [0.1, 0.15) is 0 Å². The van der Waals surface area contributed by atoms with Crippen molar-refractivity contribution in [3.8, 4) is 0 Å². The highest BCUT2D eigenvalue weighted by atomic mass is 79.9. The number of carbonyl (C=O) groups is 3. The summed E-state index contributed by atoms with van der Waals surface area (Å²) in [6, 6.07) is 13.5. The van der Waals surface area contributed by atoms with Gasteiger partial charge < -0.3 is 5.32 Å². The molecule has 1 saturated carbocycles. The molecule has 0 radical (unpaired) electrons. The van der Waals surface area contributed by atoms with E-state index < -0.39 is 5.91 Å². The van der Waals surface area contributed by atoms with Gasteiger partial charge in [-0.15, -0.1) is 0 Å². The van der Waals surface area contributed by atoms with Crippen molar-refractivity contribution in [2.75, 3.05) is 5.32 Å². The minimum absolute atomic E-state index is 0.0103. The highest BCUT2D eigenvalue weighted by Crippen LogP contribution is 2.28. The van der Waals surface area contributed by atoms with E-state index in [4.69, 9.17) is 0 Å². The van der Waals surface area contributed by atoms with E-state index in [0.29, 0.717) is 16.8 Å². The van der Waals surface area contributed by atoms with E-state index in [-0.39, 0.29) is 17.7 Å². The third-order valence-corrected chi connectivity index (χ3v) is 4.21. The highest BCUT2D eigenvalue weighted by molar-refractivity contribution is 9.10. The summed E-state index contributed by atoms with van der Waals surface area (Å²) in [5, 5.41) is 2.75. The van der Waals surface area contributed by atoms with Crippen LogP contribution in [0.3, 0.4) is 0 Å². The van der Waals surface area contributed by atoms with Crippen molar-refractivity contribution in [3.05, 3.63) is 64.1 Å². The minimum atomic E-state index is -0.437. The number of hydrazine groups is 1. The summed E-state index contributed by atoms with van der Waals surface area (Å²) in [4.78, 5) is 35.9. The predicted octanol–water partition coefficient (Wildman–Crippen LogP) is 2.87. The van der Waals surface area contributed by atoms with Crippen molar-refractivity contribution < 1.29 is 14.4 Å². The Bertz CT molecular complexity index is 834. The van der Waals surface area contributed by atoms with Crippen LogP contribution in [0.15, 0.2) is 53.0 Å². The summed E-state index contributed by atoms with van der Waals surface area (Å²) in [6.07, 6.45) is 1.72. The number of rotatable bonds is 4. The van der Waals surface area contributed by atoms with Crippen LogP contribution >= 0.6 is 15.9 Å². The molecule has 25 heavy (non-hydrogen) atoms. The van der Waals surface area contributed by atoms with Crippen molar-refractivity contribution in [2.45, 2.75) is 12.8 Å². The van der Waals surface area contributed by atoms with Crippen molar-refractivity contribution in [2.24, 2.45) is 5.92 Å². The van der Waals surface area contributed by atoms with Crippen molar-refractivity contribution in [1.82, 2.24) is 10.9 Å². The lowest BCUT2D eigenvalue weighted by Gasteiger charge is -2.09. The van der Waals surface area contributed by atoms with Crippen LogP contribution in [-0.4, -0.2) is 17.7 Å². The molecule has 0 bridgehead atoms. The van der Waals surface area contributed by atoms with Crippen LogP contribution in [0.4, 0.5) is 5.69 Å². The predicted molar refractivity (Wildman–Crippen MR) is 96.9 cm³/mol. The normalized spacial score (nSPS) is 13.0. The van der Waals surface area contributed by atoms with Crippen LogP contribution in [0.2, 0.25) is 0 Å². The van der Waals surface area contributed by atoms with Gasteiger partial charge in [0, 0.05) is 27.2 Å². The molecular weight excluding hydrogens is 386 g/mol. The largest absolute Gasteiger partial charge is 0.322 e. The molecule has 2 aromatic carbocycles. The maximum Gasteiger partial charge on any atom is 0.269 e. The topological polar surface area (TPSA) is 87.3 Å². The van der Waals surface area contributed by atoms with Gasteiger partial charge in [-0.3, -0.25) is 25.2 Å². The Morgan fingerprint density at radius 2 is 1.56 bits per heavy atom. The second-order valence-corrected chi connectivity index (χ2v) is 6.68. The Kier molecular flexibility index (Phi) is 5.14. The maximum atomic E-state index is 12.3. The molecule has 0 unspecified atom stereocenters. The van der Waals surface area contributed by atoms with Gasteiger partial charge in [-0.25, -0.2) is 0 Å². The Labute approximate surface area is 153 Å². The minimum Gasteiger partial charge on any atom is -0.322 e. The molecule has 0 aromatic heterocycles. The Morgan fingerprint density at radius 3 is 2.24 bits per heavy atom. The number of benzene rings is 2. The van der Waals surface area contributed by atoms with Gasteiger partial charge in [0.15, 0.2) is 0 Å². The molecule has 0 atom stereocenters. The number of carbonyl (C=O) groups excluding carboxylic acids is 3. The van der Waals surface area contributed by atoms with Crippen LogP contribution in [0, 0.1) is 5.92 Å². The van der Waals surface area contributed by atoms with Gasteiger partial charge in [0.2, 0.25) is 5.91 Å². The fraction of sp³-hybridized carbons (Fsp3) is 0.167. The monoisotopic (exact) mass is 401 g/mol. The summed E-state index contributed by atoms with van der Waals surface area (Å²) in [6.45, 7) is 0. The van der Waals surface area contributed by atoms with Gasteiger partial charge in [-0.2, -0.15) is 0 Å². The van der Waals surface area contributed by atoms with Gasteiger partial charge in [0.25, 0.3) is 11.8 Å². The summed E-state index contributed by atoms with van der Waals surface area (Å²) >= 11 is 3.32. The molecule has 7 heteroatoms. The van der Waals surface area contributed by atoms with Crippen LogP contribution in [-0.2, 0) is 4.79 Å². The van der Waals surface area contributed by atoms with E-state index in [0.717, 1.165) is 17.3 Å². The number of nitrogens with one attached hydrogen (secondary N) is 3. The van der Waals surface area contributed by atoms with Crippen LogP contribution in [0.1, 0.15) is 33.6 Å². The zero-order valence-corrected chi connectivity index (χ0v) is 14.8. The lowest BCUT2D eigenvalue weighted by Crippen LogP contribution is -2.42. The first-order chi connectivity index (χ1) is 12.0. The zero-order chi connectivity index (χ0) is 17.8. The summed E-state index contributed by atoms with van der Waals surface area (Å²) < 4.78 is 0.805. The number of hydrogen-bond donors (Lipinski definition) is 3. The Balaban J connectivity index is 1.63. The maximum absolute atomic E-state index is 12.3. The Hall–Kier alpha value is -2.67. The first kappa shape index (κ1) is 17.2. The average molecular weight is 402 g/mol. The fourth-order valence-electron chi connectivity index (χ4n) is 2.21. The number of amides is 3. The van der Waals surface area contributed by atoms with Crippen molar-refractivity contribution >= 4 is 39.3 Å². The lowest BCUT2D eigenvalue weighted by atomic mass is 10.1.